The van der Waals surface area contributed by atoms with Crippen molar-refractivity contribution in [2.24, 2.45) is 0 Å². The first-order chi connectivity index (χ1) is 65.5. The summed E-state index contributed by atoms with van der Waals surface area (Å²) >= 11 is 3.62. The first-order valence-electron chi connectivity index (χ1n) is 44.9. The minimum Gasteiger partial charge on any atom is -0.497 e. The number of fused-ring (bicyclic) bond motifs is 18. The van der Waals surface area contributed by atoms with Gasteiger partial charge in [0.05, 0.1) is 55.9 Å². The molecule has 0 fully saturated rings. The summed E-state index contributed by atoms with van der Waals surface area (Å²) < 4.78 is 36.1. The lowest BCUT2D eigenvalue weighted by molar-refractivity contribution is -0.143. The van der Waals surface area contributed by atoms with E-state index < -0.39 is 54.1 Å². The molecule has 18 aromatic rings. The van der Waals surface area contributed by atoms with Crippen LogP contribution in [0.1, 0.15) is 148 Å². The number of pyridine rings is 1. The topological polar surface area (TPSA) is 371 Å². The quantitative estimate of drug-likeness (QED) is 0.0477. The number of rotatable bonds is 13. The second-order valence-corrected chi connectivity index (χ2v) is 36.3. The number of carboxylic acid groups (broad SMARTS) is 4. The number of benzene rings is 10. The average Bonchev–Trinajstić information content (AvgIpc) is 1.55. The van der Waals surface area contributed by atoms with Gasteiger partial charge in [0.1, 0.15) is 59.6 Å². The fraction of sp³-hybridized carbons (Fsp3) is 0.222. The molecule has 0 amide bonds. The van der Waals surface area contributed by atoms with Crippen LogP contribution >= 0.6 is 15.9 Å². The van der Waals surface area contributed by atoms with Crippen molar-refractivity contribution >= 4 is 122 Å². The van der Waals surface area contributed by atoms with Crippen LogP contribution in [0.2, 0.25) is 0 Å². The molecule has 26 nitrogen and oxygen atoms in total. The summed E-state index contributed by atoms with van der Waals surface area (Å²) in [5, 5.41) is 63.9. The Morgan fingerprint density at radius 1 is 0.437 bits per heavy atom. The molecule has 682 valence electrons. The number of hydrogen-bond donors (Lipinski definition) is 13. The lowest BCUT2D eigenvalue weighted by Crippen LogP contribution is -2.45. The molecule has 0 bridgehead atoms. The van der Waals surface area contributed by atoms with E-state index >= 15 is 0 Å². The molecule has 14 heterocycles. The normalized spacial score (nSPS) is 19.5. The summed E-state index contributed by atoms with van der Waals surface area (Å²) in [7, 11) is 3.08. The van der Waals surface area contributed by atoms with Crippen LogP contribution in [-0.2, 0) is 67.4 Å². The van der Waals surface area contributed by atoms with Crippen molar-refractivity contribution in [2.75, 3.05) is 21.0 Å². The van der Waals surface area contributed by atoms with Gasteiger partial charge >= 0.3 is 29.8 Å². The van der Waals surface area contributed by atoms with E-state index in [2.05, 4.69) is 178 Å². The van der Waals surface area contributed by atoms with E-state index in [9.17, 15) is 44.4 Å². The van der Waals surface area contributed by atoms with Crippen molar-refractivity contribution in [2.45, 2.75) is 134 Å². The number of aliphatic carboxylic acids is 4. The number of nitrogens with one attached hydrogen (secondary N) is 9. The predicted molar refractivity (Wildman–Crippen MR) is 519 cm³/mol. The van der Waals surface area contributed by atoms with E-state index in [1.54, 1.807) is 25.8 Å². The Hall–Kier alpha value is -14.8. The highest BCUT2D eigenvalue weighted by Crippen LogP contribution is 2.46. The summed E-state index contributed by atoms with van der Waals surface area (Å²) in [6.07, 6.45) is 7.42. The summed E-state index contributed by atoms with van der Waals surface area (Å²) in [6.45, 7) is 11.2. The number of nitrogens with zero attached hydrogens (tertiary/aromatic N) is 2. The Morgan fingerprint density at radius 3 is 1.63 bits per heavy atom. The zero-order chi connectivity index (χ0) is 93.3. The largest absolute Gasteiger partial charge is 0.497 e. The van der Waals surface area contributed by atoms with Gasteiger partial charge in [0, 0.05) is 138 Å². The zero-order valence-electron chi connectivity index (χ0n) is 74.9. The van der Waals surface area contributed by atoms with E-state index in [0.717, 1.165) is 194 Å². The van der Waals surface area contributed by atoms with Crippen LogP contribution in [0.15, 0.2) is 256 Å². The lowest BCUT2D eigenvalue weighted by atomic mass is 9.89. The van der Waals surface area contributed by atoms with Gasteiger partial charge in [-0.05, 0) is 226 Å². The van der Waals surface area contributed by atoms with Crippen LogP contribution in [0.5, 0.6) is 17.2 Å². The summed E-state index contributed by atoms with van der Waals surface area (Å²) in [5.41, 5.74) is 26.8. The van der Waals surface area contributed by atoms with Gasteiger partial charge in [-0.15, -0.1) is 0 Å². The Morgan fingerprint density at radius 2 is 0.978 bits per heavy atom. The summed E-state index contributed by atoms with van der Waals surface area (Å²) in [4.78, 5) is 78.1. The third-order valence-electron chi connectivity index (χ3n) is 26.8. The zero-order valence-corrected chi connectivity index (χ0v) is 76.5. The number of ether oxygens (including phenoxy) is 4. The van der Waals surface area contributed by atoms with Gasteiger partial charge in [-0.1, -0.05) is 132 Å². The third-order valence-corrected chi connectivity index (χ3v) is 27.4. The molecule has 6 aliphatic rings. The van der Waals surface area contributed by atoms with Crippen molar-refractivity contribution in [3.63, 3.8) is 0 Å². The SMILES string of the molecule is COC(=O)C1Cc2c([nH]c3ccc(C)cc23)C(c2ccc3cc4c(cc3c2)OCO4)N1.COc1cc(C)cc(C2NC(C(=O)O)Cc3c2[nH]c2c(Br)ccc(C)c32)c1.Cc1ccc2[nH]c3c(c2c1)CC(C(=O)O)NC3c1ccco1.Cc1ccc2c(c1)c1c(n2Cc2ccccc2)C(c2ccco2)NC(C(=O)O)C1.O=C(O)C1Cc2c([nH]c3ccccc23)C(c2cccc3cccnc23)N1. The molecule has 135 heavy (non-hydrogen) atoms. The van der Waals surface area contributed by atoms with Crippen LogP contribution in [0, 0.1) is 34.6 Å². The standard InChI is InChI=1S/C25H22N2O4.C24H22N2O3.C21H21BrN2O3.C21H17N3O2.C17H16N2O3/c1-13-3-6-19-17(7-13)18-11-20(25(28)29-2)27-23(24(18)26-19)15-5-4-14-9-21-22(31-12-30-21)10-16(14)8-15;1-15-9-10-20-17(12-15)18-13-19(24(27)28)25-22(21-8-5-11-29-21)23(18)26(20)14-16-6-3-2-4-7-16;1-10-6-12(8-13(7-10)27-3)18-19-14(9-16(23-18)21(25)26)17-11(2)4-5-15(22)20(17)24-19;25-21(26)17-11-15-13-7-1-2-9-16(13)23-20(15)19(24-17)14-8-3-5-12-6-4-10-22-18(12)14;1-9-4-5-12-10(7-9)11-8-13(17(20)21)19-16(15(11)18-12)14-3-2-6-22-14/h3-10,20,23,26-27H,11-12H2,1-2H3;2-12,19,22,25H,13-14H2,1H3,(H,27,28);4-8,16,18,23-24H,9H2,1-3H3,(H,25,26);1-10,17,19,23-24H,11H2,(H,25,26);2-7,13,16,18-19H,8H2,1H3,(H,20,21). The number of carboxylic acids is 4. The van der Waals surface area contributed by atoms with Crippen molar-refractivity contribution in [1.82, 2.24) is 56.1 Å². The van der Waals surface area contributed by atoms with Crippen LogP contribution in [0.4, 0.5) is 0 Å². The minimum absolute atomic E-state index is 0.157. The average molecular weight is 1870 g/mol. The first-order valence-corrected chi connectivity index (χ1v) is 45.7. The van der Waals surface area contributed by atoms with Gasteiger partial charge in [0.25, 0.3) is 0 Å². The maximum atomic E-state index is 12.5. The Labute approximate surface area is 782 Å². The summed E-state index contributed by atoms with van der Waals surface area (Å²) in [6, 6.07) is 71.0. The van der Waals surface area contributed by atoms with Crippen molar-refractivity contribution in [1.29, 1.82) is 0 Å². The lowest BCUT2D eigenvalue weighted by Gasteiger charge is -2.30. The number of esters is 1. The molecule has 0 radical (unpaired) electrons. The number of para-hydroxylation sites is 2. The molecule has 10 unspecified atom stereocenters. The Bertz CT molecular complexity index is 7660. The molecule has 27 heteroatoms. The van der Waals surface area contributed by atoms with Gasteiger partial charge < -0.3 is 72.7 Å². The van der Waals surface area contributed by atoms with Gasteiger partial charge in [0.15, 0.2) is 11.5 Å². The van der Waals surface area contributed by atoms with E-state index in [1.807, 2.05) is 153 Å². The monoisotopic (exact) mass is 1870 g/mol. The number of halogens is 1. The van der Waals surface area contributed by atoms with Gasteiger partial charge in [0.2, 0.25) is 6.79 Å². The van der Waals surface area contributed by atoms with Crippen molar-refractivity contribution < 1.29 is 72.2 Å². The number of aromatic nitrogens is 6. The maximum absolute atomic E-state index is 12.5. The fourth-order valence-electron chi connectivity index (χ4n) is 20.5. The molecular formula is C108H98BrN11O15. The van der Waals surface area contributed by atoms with Gasteiger partial charge in [-0.3, -0.25) is 55.5 Å². The smallest absolute Gasteiger partial charge is 0.323 e. The van der Waals surface area contributed by atoms with Crippen molar-refractivity contribution in [3.8, 4) is 17.2 Å². The number of carbonyl (C=O) groups excluding carboxylic acids is 1. The number of aryl methyl sites for hydroxylation is 5. The highest BCUT2D eigenvalue weighted by molar-refractivity contribution is 9.10. The second-order valence-electron chi connectivity index (χ2n) is 35.5. The molecule has 13 N–H and O–H groups in total. The van der Waals surface area contributed by atoms with Crippen molar-refractivity contribution in [3.05, 3.63) is 366 Å². The van der Waals surface area contributed by atoms with E-state index in [-0.39, 0.29) is 43.0 Å². The number of hydrogen-bond acceptors (Lipinski definition) is 17. The molecule has 0 saturated heterocycles. The van der Waals surface area contributed by atoms with Crippen LogP contribution in [0.3, 0.4) is 0 Å². The van der Waals surface area contributed by atoms with E-state index in [1.165, 1.54) is 29.2 Å². The predicted octanol–water partition coefficient (Wildman–Crippen LogP) is 18.8. The Balaban J connectivity index is 0.000000105. The number of aromatic amines is 4. The highest BCUT2D eigenvalue weighted by atomic mass is 79.9. The maximum Gasteiger partial charge on any atom is 0.323 e. The molecule has 8 aromatic heterocycles. The molecule has 10 atom stereocenters. The number of carbonyl (C=O) groups is 5. The molecule has 6 aliphatic heterocycles. The molecule has 0 aliphatic carbocycles. The molecule has 10 aromatic carbocycles. The Kier molecular flexibility index (Phi) is 23.9. The van der Waals surface area contributed by atoms with Crippen LogP contribution in [-0.4, -0.2) is 131 Å². The number of furan rings is 2. The molecular weight excluding hydrogens is 1770 g/mol. The highest BCUT2D eigenvalue weighted by Gasteiger charge is 2.42. The third kappa shape index (κ3) is 17.0. The van der Waals surface area contributed by atoms with Crippen LogP contribution in [0.25, 0.3) is 76.2 Å². The van der Waals surface area contributed by atoms with E-state index in [0.29, 0.717) is 38.6 Å². The second kappa shape index (κ2) is 36.6. The molecule has 0 spiro atoms. The molecule has 0 saturated carbocycles. The summed E-state index contributed by atoms with van der Waals surface area (Å²) in [5.74, 6) is 0.132. The first kappa shape index (κ1) is 88.1. The molecule has 24 rings (SSSR count). The number of methoxy groups -OCH3 is 2. The van der Waals surface area contributed by atoms with Crippen LogP contribution < -0.4 is 40.8 Å². The fourth-order valence-corrected chi connectivity index (χ4v) is 20.9. The minimum atomic E-state index is -0.844. The van der Waals surface area contributed by atoms with E-state index in [4.69, 9.17) is 27.8 Å². The van der Waals surface area contributed by atoms with Gasteiger partial charge in [-0.2, -0.15) is 0 Å². The van der Waals surface area contributed by atoms with Gasteiger partial charge in [-0.25, -0.2) is 0 Å². The number of H-pyrrole nitrogens is 4.